The monoisotopic (exact) mass is 466 g/mol. The Morgan fingerprint density at radius 2 is 1.91 bits per heavy atom. The number of rotatable bonds is 8. The van der Waals surface area contributed by atoms with Crippen molar-refractivity contribution >= 4 is 28.3 Å². The summed E-state index contributed by atoms with van der Waals surface area (Å²) in [5.74, 6) is -1.09. The van der Waals surface area contributed by atoms with Gasteiger partial charge in [0.2, 0.25) is 0 Å². The first kappa shape index (κ1) is 23.5. The zero-order chi connectivity index (χ0) is 23.3. The molecule has 1 aromatic carbocycles. The molecule has 1 amide bonds. The average molecular weight is 466 g/mol. The van der Waals surface area contributed by atoms with Crippen LogP contribution in [-0.4, -0.2) is 39.8 Å². The number of halogens is 3. The lowest BCUT2D eigenvalue weighted by atomic mass is 10.1. The topological polar surface area (TPSA) is 77.3 Å². The zero-order valence-corrected chi connectivity index (χ0v) is 18.2. The van der Waals surface area contributed by atoms with Gasteiger partial charge in [0.15, 0.2) is 16.5 Å². The van der Waals surface area contributed by atoms with Gasteiger partial charge in [-0.2, -0.15) is 18.3 Å². The number of anilines is 1. The summed E-state index contributed by atoms with van der Waals surface area (Å²) in [5, 5.41) is 3.72. The van der Waals surface area contributed by atoms with Crippen molar-refractivity contribution in [3.05, 3.63) is 64.4 Å². The van der Waals surface area contributed by atoms with Crippen molar-refractivity contribution in [1.82, 2.24) is 14.8 Å². The summed E-state index contributed by atoms with van der Waals surface area (Å²) in [6, 6.07) is 10.2. The van der Waals surface area contributed by atoms with Crippen LogP contribution >= 0.6 is 11.3 Å². The Kier molecular flexibility index (Phi) is 7.29. The van der Waals surface area contributed by atoms with Gasteiger partial charge in [-0.1, -0.05) is 30.3 Å². The van der Waals surface area contributed by atoms with Gasteiger partial charge in [0.05, 0.1) is 6.61 Å². The first-order valence-corrected chi connectivity index (χ1v) is 10.6. The Bertz CT molecular complexity index is 1080. The SMILES string of the molecule is CCOC(=O)c1nc(N(CCc2ccccc2)C(=O)Cn2ccc(C(F)(F)F)n2)sc1C. The van der Waals surface area contributed by atoms with Crippen molar-refractivity contribution in [1.29, 1.82) is 0 Å². The first-order chi connectivity index (χ1) is 15.2. The molecule has 32 heavy (non-hydrogen) atoms. The quantitative estimate of drug-likeness (QED) is 0.467. The zero-order valence-electron chi connectivity index (χ0n) is 17.4. The number of ether oxygens (including phenoxy) is 1. The molecule has 0 aliphatic rings. The number of alkyl halides is 3. The van der Waals surface area contributed by atoms with Crippen molar-refractivity contribution in [2.75, 3.05) is 18.1 Å². The Morgan fingerprint density at radius 3 is 2.53 bits per heavy atom. The number of esters is 1. The molecular weight excluding hydrogens is 445 g/mol. The van der Waals surface area contributed by atoms with E-state index < -0.39 is 30.3 Å². The summed E-state index contributed by atoms with van der Waals surface area (Å²) in [5.41, 5.74) is 0.0151. The molecule has 170 valence electrons. The fraction of sp³-hybridized carbons (Fsp3) is 0.333. The Morgan fingerprint density at radius 1 is 1.19 bits per heavy atom. The van der Waals surface area contributed by atoms with E-state index in [1.807, 2.05) is 30.3 Å². The Balaban J connectivity index is 1.85. The van der Waals surface area contributed by atoms with Crippen LogP contribution in [0, 0.1) is 6.92 Å². The van der Waals surface area contributed by atoms with Gasteiger partial charge in [-0.25, -0.2) is 9.78 Å². The van der Waals surface area contributed by atoms with E-state index in [2.05, 4.69) is 10.1 Å². The predicted molar refractivity (Wildman–Crippen MR) is 113 cm³/mol. The summed E-state index contributed by atoms with van der Waals surface area (Å²) >= 11 is 1.14. The molecule has 0 aliphatic heterocycles. The number of aromatic nitrogens is 3. The number of benzene rings is 1. The van der Waals surface area contributed by atoms with E-state index in [-0.39, 0.29) is 24.0 Å². The molecule has 0 saturated heterocycles. The van der Waals surface area contributed by atoms with Crippen LogP contribution in [-0.2, 0) is 28.7 Å². The van der Waals surface area contributed by atoms with E-state index in [4.69, 9.17) is 4.74 Å². The lowest BCUT2D eigenvalue weighted by Crippen LogP contribution is -2.36. The maximum Gasteiger partial charge on any atom is 0.435 e. The highest BCUT2D eigenvalue weighted by atomic mass is 32.1. The molecule has 3 rings (SSSR count). The van der Waals surface area contributed by atoms with Crippen LogP contribution in [0.4, 0.5) is 18.3 Å². The van der Waals surface area contributed by atoms with Crippen molar-refractivity contribution < 1.29 is 27.5 Å². The normalized spacial score (nSPS) is 11.4. The number of amides is 1. The number of carbonyl (C=O) groups excluding carboxylic acids is 2. The molecule has 0 radical (unpaired) electrons. The molecule has 0 atom stereocenters. The van der Waals surface area contributed by atoms with Crippen molar-refractivity contribution in [3.8, 4) is 0 Å². The minimum Gasteiger partial charge on any atom is -0.461 e. The van der Waals surface area contributed by atoms with Gasteiger partial charge in [-0.3, -0.25) is 14.4 Å². The van der Waals surface area contributed by atoms with Crippen molar-refractivity contribution in [3.63, 3.8) is 0 Å². The third-order valence-electron chi connectivity index (χ3n) is 4.48. The molecule has 2 aromatic heterocycles. The third-order valence-corrected chi connectivity index (χ3v) is 5.48. The molecule has 2 heterocycles. The fourth-order valence-corrected chi connectivity index (χ4v) is 3.86. The number of hydrogen-bond acceptors (Lipinski definition) is 6. The second-order valence-corrected chi connectivity index (χ2v) is 7.98. The van der Waals surface area contributed by atoms with Gasteiger partial charge >= 0.3 is 12.1 Å². The van der Waals surface area contributed by atoms with Crippen molar-refractivity contribution in [2.24, 2.45) is 0 Å². The Hall–Kier alpha value is -3.21. The summed E-state index contributed by atoms with van der Waals surface area (Å²) in [6.45, 7) is 3.37. The summed E-state index contributed by atoms with van der Waals surface area (Å²) < 4.78 is 44.4. The highest BCUT2D eigenvalue weighted by molar-refractivity contribution is 7.16. The molecule has 0 spiro atoms. The largest absolute Gasteiger partial charge is 0.461 e. The van der Waals surface area contributed by atoms with E-state index >= 15 is 0 Å². The molecule has 7 nitrogen and oxygen atoms in total. The number of hydrogen-bond donors (Lipinski definition) is 0. The second-order valence-electron chi connectivity index (χ2n) is 6.80. The van der Waals surface area contributed by atoms with Gasteiger partial charge in [-0.05, 0) is 31.9 Å². The number of nitrogens with zero attached hydrogens (tertiary/aromatic N) is 4. The van der Waals surface area contributed by atoms with Crippen LogP contribution in [0.15, 0.2) is 42.6 Å². The predicted octanol–water partition coefficient (Wildman–Crippen LogP) is 4.12. The molecule has 0 fully saturated rings. The highest BCUT2D eigenvalue weighted by Gasteiger charge is 2.34. The molecule has 0 unspecified atom stereocenters. The van der Waals surface area contributed by atoms with Crippen LogP contribution in [0.25, 0.3) is 0 Å². The highest BCUT2D eigenvalue weighted by Crippen LogP contribution is 2.28. The molecule has 0 aliphatic carbocycles. The first-order valence-electron chi connectivity index (χ1n) is 9.78. The number of carbonyl (C=O) groups is 2. The summed E-state index contributed by atoms with van der Waals surface area (Å²) in [7, 11) is 0. The standard InChI is InChI=1S/C21H21F3N4O3S/c1-3-31-19(30)18-14(2)32-20(25-18)28(12-9-15-7-5-4-6-8-15)17(29)13-27-11-10-16(26-27)21(22,23)24/h4-8,10-11H,3,9,12-13H2,1-2H3. The number of aryl methyl sites for hydroxylation is 1. The second kappa shape index (κ2) is 9.94. The lowest BCUT2D eigenvalue weighted by molar-refractivity contribution is -0.141. The third kappa shape index (κ3) is 5.72. The molecule has 0 N–H and O–H groups in total. The molecule has 0 saturated carbocycles. The maximum absolute atomic E-state index is 13.0. The molecule has 0 bridgehead atoms. The summed E-state index contributed by atoms with van der Waals surface area (Å²) in [6.07, 6.45) is -3.00. The lowest BCUT2D eigenvalue weighted by Gasteiger charge is -2.20. The van der Waals surface area contributed by atoms with Gasteiger partial charge in [-0.15, -0.1) is 11.3 Å². The molecule has 11 heteroatoms. The van der Waals surface area contributed by atoms with Crippen molar-refractivity contribution in [2.45, 2.75) is 33.0 Å². The number of thiazole rings is 1. The van der Waals surface area contributed by atoms with E-state index in [1.54, 1.807) is 13.8 Å². The van der Waals surface area contributed by atoms with Crippen LogP contribution in [0.1, 0.15) is 33.5 Å². The fourth-order valence-electron chi connectivity index (χ4n) is 2.92. The minimum absolute atomic E-state index is 0.114. The summed E-state index contributed by atoms with van der Waals surface area (Å²) in [4.78, 5) is 31.4. The molecule has 3 aromatic rings. The van der Waals surface area contributed by atoms with Crippen LogP contribution in [0.5, 0.6) is 0 Å². The van der Waals surface area contributed by atoms with Crippen LogP contribution in [0.2, 0.25) is 0 Å². The van der Waals surface area contributed by atoms with Gasteiger partial charge in [0.1, 0.15) is 6.54 Å². The smallest absolute Gasteiger partial charge is 0.435 e. The van der Waals surface area contributed by atoms with Gasteiger partial charge in [0.25, 0.3) is 5.91 Å². The Labute approximate surface area is 186 Å². The van der Waals surface area contributed by atoms with Crippen LogP contribution in [0.3, 0.4) is 0 Å². The van der Waals surface area contributed by atoms with E-state index in [0.717, 1.165) is 33.8 Å². The van der Waals surface area contributed by atoms with Gasteiger partial charge in [0, 0.05) is 17.6 Å². The van der Waals surface area contributed by atoms with E-state index in [1.165, 1.54) is 4.90 Å². The maximum atomic E-state index is 13.0. The van der Waals surface area contributed by atoms with E-state index in [9.17, 15) is 22.8 Å². The minimum atomic E-state index is -4.59. The average Bonchev–Trinajstić information content (AvgIpc) is 3.36. The van der Waals surface area contributed by atoms with Gasteiger partial charge < -0.3 is 4.74 Å². The molecular formula is C21H21F3N4O3S. The van der Waals surface area contributed by atoms with Crippen LogP contribution < -0.4 is 4.90 Å². The van der Waals surface area contributed by atoms with E-state index in [0.29, 0.717) is 11.3 Å².